The Kier molecular flexibility index (Phi) is 8.64. The zero-order valence-corrected chi connectivity index (χ0v) is 26.8. The van der Waals surface area contributed by atoms with Crippen LogP contribution in [0.25, 0.3) is 0 Å². The molecule has 248 valence electrons. The number of nitrogen functional groups attached to an aromatic ring is 1. The van der Waals surface area contributed by atoms with Gasteiger partial charge in [0.05, 0.1) is 27.7 Å². The number of nitrogens with one attached hydrogen (secondary N) is 1. The van der Waals surface area contributed by atoms with Gasteiger partial charge in [0.1, 0.15) is 17.1 Å². The number of thioether (sulfide) groups is 1. The highest BCUT2D eigenvalue weighted by Crippen LogP contribution is 2.48. The van der Waals surface area contributed by atoms with Crippen LogP contribution in [0.5, 0.6) is 11.5 Å². The van der Waals surface area contributed by atoms with E-state index in [4.69, 9.17) is 38.5 Å². The molecule has 0 aliphatic carbocycles. The first kappa shape index (κ1) is 33.6. The number of hydrogen-bond donors (Lipinski definition) is 6. The third-order valence-corrected chi connectivity index (χ3v) is 9.67. The van der Waals surface area contributed by atoms with Crippen LogP contribution < -0.4 is 11.1 Å². The van der Waals surface area contributed by atoms with Crippen molar-refractivity contribution < 1.29 is 58.8 Å². The SMILES string of the molecule is CC(C)(O/N=C(\C(=O)NC1C(=O)N2C(OC(=O)O)=C(CN3C(=O)c4c(Cl)c(O)c(O)c(Cl)c4C3=O)CS[C@@H]12)c1csc(N)n1)C(=O)O. The maximum atomic E-state index is 13.3. The van der Waals surface area contributed by atoms with E-state index in [-0.39, 0.29) is 22.2 Å². The number of carboxylic acid groups (broad SMARTS) is 2. The van der Waals surface area contributed by atoms with Gasteiger partial charge in [-0.1, -0.05) is 28.4 Å². The van der Waals surface area contributed by atoms with Crippen LogP contribution in [0.2, 0.25) is 10.0 Å². The first-order valence-corrected chi connectivity index (χ1v) is 15.5. The number of carbonyl (C=O) groups excluding carboxylic acids is 4. The van der Waals surface area contributed by atoms with Crippen molar-refractivity contribution >= 4 is 92.9 Å². The quantitative estimate of drug-likeness (QED) is 0.0534. The van der Waals surface area contributed by atoms with Crippen LogP contribution in [0.1, 0.15) is 40.3 Å². The molecule has 4 amide bonds. The van der Waals surface area contributed by atoms with Gasteiger partial charge < -0.3 is 41.1 Å². The molecular formula is C25H20Cl2N6O12S2. The molecule has 1 fully saturated rings. The summed E-state index contributed by atoms with van der Waals surface area (Å²) in [6.07, 6.45) is -1.83. The predicted octanol–water partition coefficient (Wildman–Crippen LogP) is 1.63. The number of aromatic nitrogens is 1. The van der Waals surface area contributed by atoms with Gasteiger partial charge in [0.2, 0.25) is 11.5 Å². The van der Waals surface area contributed by atoms with Crippen LogP contribution in [-0.2, 0) is 24.0 Å². The molecule has 0 radical (unpaired) electrons. The topological polar surface area (TPSA) is 272 Å². The van der Waals surface area contributed by atoms with E-state index in [0.29, 0.717) is 4.90 Å². The first-order valence-electron chi connectivity index (χ1n) is 12.8. The molecule has 4 heterocycles. The summed E-state index contributed by atoms with van der Waals surface area (Å²) in [5, 5.41) is 44.1. The minimum Gasteiger partial charge on any atom is -0.503 e. The lowest BCUT2D eigenvalue weighted by molar-refractivity contribution is -0.161. The number of imide groups is 1. The molecule has 1 aromatic carbocycles. The van der Waals surface area contributed by atoms with Gasteiger partial charge in [0.15, 0.2) is 22.3 Å². The average molecular weight is 732 g/mol. The molecule has 7 N–H and O–H groups in total. The number of phenolic OH excluding ortho intramolecular Hbond substituents is 2. The second-order valence-electron chi connectivity index (χ2n) is 10.3. The van der Waals surface area contributed by atoms with Crippen LogP contribution in [0.4, 0.5) is 9.93 Å². The molecule has 47 heavy (non-hydrogen) atoms. The van der Waals surface area contributed by atoms with Crippen LogP contribution in [0, 0.1) is 0 Å². The van der Waals surface area contributed by atoms with E-state index in [0.717, 1.165) is 28.0 Å². The number of nitrogens with two attached hydrogens (primary N) is 1. The Morgan fingerprint density at radius 3 is 2.23 bits per heavy atom. The van der Waals surface area contributed by atoms with E-state index in [9.17, 15) is 49.2 Å². The van der Waals surface area contributed by atoms with Crippen molar-refractivity contribution in [2.45, 2.75) is 30.9 Å². The lowest BCUT2D eigenvalue weighted by Crippen LogP contribution is -2.70. The fourth-order valence-electron chi connectivity index (χ4n) is 4.49. The highest BCUT2D eigenvalue weighted by Gasteiger charge is 2.55. The lowest BCUT2D eigenvalue weighted by Gasteiger charge is -2.49. The minimum atomic E-state index is -1.85. The van der Waals surface area contributed by atoms with Crippen molar-refractivity contribution in [1.29, 1.82) is 0 Å². The summed E-state index contributed by atoms with van der Waals surface area (Å²) in [7, 11) is 0. The smallest absolute Gasteiger partial charge is 0.503 e. The maximum Gasteiger partial charge on any atom is 0.512 e. The Morgan fingerprint density at radius 2 is 1.72 bits per heavy atom. The fraction of sp³-hybridized carbons (Fsp3) is 0.280. The molecule has 22 heteroatoms. The van der Waals surface area contributed by atoms with Crippen molar-refractivity contribution in [2.75, 3.05) is 18.0 Å². The average Bonchev–Trinajstić information content (AvgIpc) is 3.53. The number of ether oxygens (including phenoxy) is 1. The van der Waals surface area contributed by atoms with Gasteiger partial charge in [-0.15, -0.1) is 23.1 Å². The van der Waals surface area contributed by atoms with Crippen molar-refractivity contribution in [3.63, 3.8) is 0 Å². The van der Waals surface area contributed by atoms with Gasteiger partial charge in [0.25, 0.3) is 23.6 Å². The van der Waals surface area contributed by atoms with Gasteiger partial charge in [0, 0.05) is 16.7 Å². The summed E-state index contributed by atoms with van der Waals surface area (Å²) in [5.74, 6) is -7.78. The van der Waals surface area contributed by atoms with Crippen molar-refractivity contribution in [1.82, 2.24) is 20.1 Å². The van der Waals surface area contributed by atoms with Gasteiger partial charge in [-0.3, -0.25) is 29.0 Å². The monoisotopic (exact) mass is 730 g/mol. The first-order chi connectivity index (χ1) is 22.0. The summed E-state index contributed by atoms with van der Waals surface area (Å²) < 4.78 is 4.90. The number of carboxylic acids is 1. The summed E-state index contributed by atoms with van der Waals surface area (Å²) >= 11 is 14.0. The summed E-state index contributed by atoms with van der Waals surface area (Å²) in [4.78, 5) is 86.6. The molecule has 5 rings (SSSR count). The number of aromatic hydroxyl groups is 2. The standard InChI is InChI=1S/C25H20Cl2N6O12S2/c1-25(2,22(40)41)45-31-12(7-5-47-23(28)29-7)16(36)30-13-19(39)33-20(44-24(42)43)6(4-46-21(13)33)3-32-17(37)8-9(18(32)38)11(27)15(35)14(34)10(8)26/h5,13,21,34-35H,3-4H2,1-2H3,(H2,28,29)(H,30,36)(H,40,41)(H,42,43)/b31-12-/t13?,21-/m0/s1. The van der Waals surface area contributed by atoms with E-state index in [2.05, 4.69) is 15.5 Å². The molecule has 1 aromatic heterocycles. The molecule has 0 bridgehead atoms. The number of amides is 4. The highest BCUT2D eigenvalue weighted by atomic mass is 35.5. The zero-order valence-electron chi connectivity index (χ0n) is 23.6. The summed E-state index contributed by atoms with van der Waals surface area (Å²) in [6, 6.07) is -1.28. The summed E-state index contributed by atoms with van der Waals surface area (Å²) in [6.45, 7) is 1.76. The number of hydrogen-bond acceptors (Lipinski definition) is 15. The second-order valence-corrected chi connectivity index (χ2v) is 13.1. The van der Waals surface area contributed by atoms with Gasteiger partial charge in [-0.2, -0.15) is 0 Å². The second kappa shape index (κ2) is 12.1. The van der Waals surface area contributed by atoms with Gasteiger partial charge in [-0.05, 0) is 13.8 Å². The molecule has 1 unspecified atom stereocenters. The third kappa shape index (κ3) is 5.72. The molecule has 2 atom stereocenters. The molecule has 0 saturated carbocycles. The number of benzene rings is 1. The number of oxime groups is 1. The molecule has 2 aromatic rings. The van der Waals surface area contributed by atoms with E-state index in [1.165, 1.54) is 19.2 Å². The van der Waals surface area contributed by atoms with Crippen LogP contribution in [0.15, 0.2) is 22.0 Å². The van der Waals surface area contributed by atoms with E-state index >= 15 is 0 Å². The number of β-lactam (4-membered cyclic amide) rings is 1. The number of fused-ring (bicyclic) bond motifs is 2. The largest absolute Gasteiger partial charge is 0.512 e. The molecule has 0 spiro atoms. The Labute approximate surface area is 280 Å². The number of aliphatic carboxylic acids is 1. The number of rotatable bonds is 9. The highest BCUT2D eigenvalue weighted by molar-refractivity contribution is 8.00. The number of anilines is 1. The predicted molar refractivity (Wildman–Crippen MR) is 162 cm³/mol. The fourth-order valence-corrected chi connectivity index (χ4v) is 6.88. The number of halogens is 2. The molecule has 3 aliphatic heterocycles. The molecular weight excluding hydrogens is 711 g/mol. The number of thiazole rings is 1. The van der Waals surface area contributed by atoms with Crippen molar-refractivity contribution in [3.05, 3.63) is 43.7 Å². The van der Waals surface area contributed by atoms with Gasteiger partial charge in [-0.25, -0.2) is 14.6 Å². The van der Waals surface area contributed by atoms with E-state index < -0.39 is 104 Å². The van der Waals surface area contributed by atoms with E-state index in [1.807, 2.05) is 0 Å². The molecule has 1 saturated heterocycles. The Bertz CT molecular complexity index is 1810. The van der Waals surface area contributed by atoms with Crippen molar-refractivity contribution in [3.8, 4) is 11.5 Å². The van der Waals surface area contributed by atoms with E-state index in [1.54, 1.807) is 0 Å². The minimum absolute atomic E-state index is 0.00790. The Morgan fingerprint density at radius 1 is 1.13 bits per heavy atom. The molecule has 3 aliphatic rings. The van der Waals surface area contributed by atoms with Crippen LogP contribution in [-0.4, -0.2) is 106 Å². The number of nitrogens with zero attached hydrogens (tertiary/aromatic N) is 4. The van der Waals surface area contributed by atoms with Crippen LogP contribution >= 0.6 is 46.3 Å². The maximum absolute atomic E-state index is 13.3. The summed E-state index contributed by atoms with van der Waals surface area (Å²) in [5.41, 5.74) is 2.25. The normalized spacial score (nSPS) is 19.3. The third-order valence-electron chi connectivity index (χ3n) is 6.92. The Hall–Kier alpha value is -4.79. The van der Waals surface area contributed by atoms with Crippen LogP contribution in [0.3, 0.4) is 0 Å². The van der Waals surface area contributed by atoms with Gasteiger partial charge >= 0.3 is 12.1 Å². The Balaban J connectivity index is 1.40. The number of carbonyl (C=O) groups is 6. The lowest BCUT2D eigenvalue weighted by atomic mass is 10.1. The zero-order chi connectivity index (χ0) is 34.7. The number of phenols is 2. The molecule has 18 nitrogen and oxygen atoms in total. The van der Waals surface area contributed by atoms with Crippen molar-refractivity contribution in [2.24, 2.45) is 5.16 Å².